The summed E-state index contributed by atoms with van der Waals surface area (Å²) in [5.74, 6) is 8.54. The van der Waals surface area contributed by atoms with Gasteiger partial charge in [-0.15, -0.1) is 0 Å². The van der Waals surface area contributed by atoms with E-state index in [1.165, 1.54) is 44.9 Å². The minimum Gasteiger partial charge on any atom is -0.0620 e. The van der Waals surface area contributed by atoms with Gasteiger partial charge < -0.3 is 0 Å². The molecule has 0 aromatic carbocycles. The Morgan fingerprint density at radius 1 is 0.621 bits per heavy atom. The van der Waals surface area contributed by atoms with Gasteiger partial charge in [-0.05, 0) is 104 Å². The minimum atomic E-state index is 0.537. The third-order valence-electron chi connectivity index (χ3n) is 10.7. The first-order chi connectivity index (χ1) is 13.9. The molecule has 5 unspecified atom stereocenters. The van der Waals surface area contributed by atoms with E-state index in [-0.39, 0.29) is 0 Å². The molecular formula is C29H52. The van der Waals surface area contributed by atoms with Gasteiger partial charge in [0.2, 0.25) is 0 Å². The highest BCUT2D eigenvalue weighted by Gasteiger charge is 2.42. The quantitative estimate of drug-likeness (QED) is 0.431. The van der Waals surface area contributed by atoms with Crippen molar-refractivity contribution in [2.45, 2.75) is 130 Å². The first-order valence-corrected chi connectivity index (χ1v) is 13.9. The van der Waals surface area contributed by atoms with Gasteiger partial charge in [0.25, 0.3) is 0 Å². The van der Waals surface area contributed by atoms with Crippen LogP contribution in [-0.4, -0.2) is 0 Å². The molecule has 0 aromatic heterocycles. The fourth-order valence-corrected chi connectivity index (χ4v) is 8.60. The summed E-state index contributed by atoms with van der Waals surface area (Å²) >= 11 is 0. The molecule has 0 radical (unpaired) electrons. The maximum atomic E-state index is 2.66. The fourth-order valence-electron chi connectivity index (χ4n) is 8.60. The molecule has 5 atom stereocenters. The number of rotatable bonds is 5. The lowest BCUT2D eigenvalue weighted by molar-refractivity contribution is 0.140. The van der Waals surface area contributed by atoms with Gasteiger partial charge in [-0.2, -0.15) is 0 Å². The zero-order chi connectivity index (χ0) is 20.4. The van der Waals surface area contributed by atoms with Crippen LogP contribution in [0.5, 0.6) is 0 Å². The minimum absolute atomic E-state index is 0.537. The average Bonchev–Trinajstić information content (AvgIpc) is 3.33. The first kappa shape index (κ1) is 22.2. The normalized spacial score (nSPS) is 42.4. The van der Waals surface area contributed by atoms with Crippen molar-refractivity contribution in [1.29, 1.82) is 0 Å². The third-order valence-corrected chi connectivity index (χ3v) is 10.7. The maximum Gasteiger partial charge on any atom is -0.0354 e. The Bertz CT molecular complexity index is 485. The van der Waals surface area contributed by atoms with Crippen molar-refractivity contribution in [2.24, 2.45) is 52.8 Å². The van der Waals surface area contributed by atoms with Crippen molar-refractivity contribution in [1.82, 2.24) is 0 Å². The van der Waals surface area contributed by atoms with Crippen molar-refractivity contribution < 1.29 is 0 Å². The van der Waals surface area contributed by atoms with Gasteiger partial charge in [-0.25, -0.2) is 0 Å². The summed E-state index contributed by atoms with van der Waals surface area (Å²) in [6, 6.07) is 0. The Labute approximate surface area is 183 Å². The van der Waals surface area contributed by atoms with Crippen molar-refractivity contribution in [2.75, 3.05) is 0 Å². The molecule has 29 heavy (non-hydrogen) atoms. The SMILES string of the molecule is CC1C(CCC2CCC(C(C)(C)C)CC2)CCC1C1CCC(C2CCCCC2)C1. The lowest BCUT2D eigenvalue weighted by atomic mass is 9.68. The molecule has 0 heterocycles. The smallest absolute Gasteiger partial charge is 0.0354 e. The molecular weight excluding hydrogens is 348 g/mol. The summed E-state index contributed by atoms with van der Waals surface area (Å²) in [7, 11) is 0. The van der Waals surface area contributed by atoms with E-state index in [9.17, 15) is 0 Å². The molecule has 0 nitrogen and oxygen atoms in total. The Kier molecular flexibility index (Phi) is 7.39. The molecule has 0 spiro atoms. The lowest BCUT2D eigenvalue weighted by Gasteiger charge is -2.37. The van der Waals surface area contributed by atoms with Crippen LogP contribution in [0, 0.1) is 52.8 Å². The van der Waals surface area contributed by atoms with E-state index in [2.05, 4.69) is 27.7 Å². The maximum absolute atomic E-state index is 2.66. The van der Waals surface area contributed by atoms with Gasteiger partial charge in [-0.1, -0.05) is 79.1 Å². The van der Waals surface area contributed by atoms with Crippen LogP contribution >= 0.6 is 0 Å². The summed E-state index contributed by atoms with van der Waals surface area (Å²) in [5.41, 5.74) is 0.537. The van der Waals surface area contributed by atoms with Crippen LogP contribution in [0.3, 0.4) is 0 Å². The Balaban J connectivity index is 1.19. The molecule has 4 fully saturated rings. The fraction of sp³-hybridized carbons (Fsp3) is 1.00. The molecule has 4 rings (SSSR count). The topological polar surface area (TPSA) is 0 Å². The second-order valence-electron chi connectivity index (χ2n) is 13.3. The van der Waals surface area contributed by atoms with Crippen LogP contribution in [0.15, 0.2) is 0 Å². The van der Waals surface area contributed by atoms with Gasteiger partial charge in [0.05, 0.1) is 0 Å². The average molecular weight is 401 g/mol. The van der Waals surface area contributed by atoms with Gasteiger partial charge in [-0.3, -0.25) is 0 Å². The van der Waals surface area contributed by atoms with Gasteiger partial charge in [0.1, 0.15) is 0 Å². The van der Waals surface area contributed by atoms with Crippen molar-refractivity contribution >= 4 is 0 Å². The predicted molar refractivity (Wildman–Crippen MR) is 127 cm³/mol. The molecule has 4 aliphatic rings. The molecule has 0 amide bonds. The highest BCUT2D eigenvalue weighted by atomic mass is 14.5. The third kappa shape index (κ3) is 5.44. The van der Waals surface area contributed by atoms with Gasteiger partial charge in [0, 0.05) is 0 Å². The molecule has 0 saturated heterocycles. The predicted octanol–water partition coefficient (Wildman–Crippen LogP) is 9.28. The summed E-state index contributed by atoms with van der Waals surface area (Å²) in [5, 5.41) is 0. The zero-order valence-electron chi connectivity index (χ0n) is 20.4. The van der Waals surface area contributed by atoms with Crippen LogP contribution in [0.25, 0.3) is 0 Å². The standard InChI is InChI=1S/C29H52/c1-21-23(13-10-22-11-17-27(18-12-22)29(2,3)4)16-19-28(21)26-15-14-25(20-26)24-8-6-5-7-9-24/h21-28H,5-20H2,1-4H3. The molecule has 168 valence electrons. The van der Waals surface area contributed by atoms with E-state index >= 15 is 0 Å². The first-order valence-electron chi connectivity index (χ1n) is 13.9. The largest absolute Gasteiger partial charge is 0.0620 e. The van der Waals surface area contributed by atoms with Crippen LogP contribution in [0.1, 0.15) is 130 Å². The Hall–Kier alpha value is 0. The van der Waals surface area contributed by atoms with E-state index in [1.54, 1.807) is 57.8 Å². The lowest BCUT2D eigenvalue weighted by Crippen LogP contribution is -2.26. The second kappa shape index (κ2) is 9.65. The summed E-state index contributed by atoms with van der Waals surface area (Å²) in [4.78, 5) is 0. The molecule has 0 aromatic rings. The molecule has 0 aliphatic heterocycles. The summed E-state index contributed by atoms with van der Waals surface area (Å²) in [6.45, 7) is 10.0. The molecule has 0 heteroatoms. The summed E-state index contributed by atoms with van der Waals surface area (Å²) in [6.07, 6.45) is 24.8. The van der Waals surface area contributed by atoms with E-state index in [1.807, 2.05) is 0 Å². The molecule has 4 aliphatic carbocycles. The van der Waals surface area contributed by atoms with Crippen LogP contribution in [0.2, 0.25) is 0 Å². The molecule has 0 bridgehead atoms. The van der Waals surface area contributed by atoms with E-state index in [0.29, 0.717) is 5.41 Å². The second-order valence-corrected chi connectivity index (χ2v) is 13.3. The Morgan fingerprint density at radius 2 is 1.31 bits per heavy atom. The number of hydrogen-bond donors (Lipinski definition) is 0. The van der Waals surface area contributed by atoms with Crippen LogP contribution < -0.4 is 0 Å². The van der Waals surface area contributed by atoms with Gasteiger partial charge in [0.15, 0.2) is 0 Å². The van der Waals surface area contributed by atoms with Crippen molar-refractivity contribution in [3.05, 3.63) is 0 Å². The molecule has 4 saturated carbocycles. The van der Waals surface area contributed by atoms with Crippen molar-refractivity contribution in [3.63, 3.8) is 0 Å². The number of hydrogen-bond acceptors (Lipinski definition) is 0. The van der Waals surface area contributed by atoms with E-state index < -0.39 is 0 Å². The summed E-state index contributed by atoms with van der Waals surface area (Å²) < 4.78 is 0. The zero-order valence-corrected chi connectivity index (χ0v) is 20.4. The highest BCUT2D eigenvalue weighted by Crippen LogP contribution is 2.52. The Morgan fingerprint density at radius 3 is 2.00 bits per heavy atom. The van der Waals surface area contributed by atoms with Gasteiger partial charge >= 0.3 is 0 Å². The highest BCUT2D eigenvalue weighted by molar-refractivity contribution is 4.92. The van der Waals surface area contributed by atoms with Crippen LogP contribution in [0.4, 0.5) is 0 Å². The van der Waals surface area contributed by atoms with E-state index in [0.717, 1.165) is 47.3 Å². The van der Waals surface area contributed by atoms with Crippen LogP contribution in [-0.2, 0) is 0 Å². The monoisotopic (exact) mass is 400 g/mol. The van der Waals surface area contributed by atoms with E-state index in [4.69, 9.17) is 0 Å². The molecule has 0 N–H and O–H groups in total. The van der Waals surface area contributed by atoms with Crippen molar-refractivity contribution in [3.8, 4) is 0 Å².